The fraction of sp³-hybridized carbons (Fsp3) is 0.500. The highest BCUT2D eigenvalue weighted by Gasteiger charge is 2.37. The van der Waals surface area contributed by atoms with E-state index in [-0.39, 0.29) is 11.7 Å². The number of aromatic nitrogens is 3. The van der Waals surface area contributed by atoms with Crippen LogP contribution in [0.2, 0.25) is 0 Å². The molecule has 10 heteroatoms. The van der Waals surface area contributed by atoms with Gasteiger partial charge in [-0.2, -0.15) is 0 Å². The van der Waals surface area contributed by atoms with Crippen LogP contribution in [-0.4, -0.2) is 69.6 Å². The van der Waals surface area contributed by atoms with Crippen molar-refractivity contribution in [2.75, 3.05) is 31.7 Å². The Morgan fingerprint density at radius 1 is 1.08 bits per heavy atom. The molecule has 10 nitrogen and oxygen atoms in total. The molecule has 2 aromatic carbocycles. The third-order valence-electron chi connectivity index (χ3n) is 9.33. The van der Waals surface area contributed by atoms with Gasteiger partial charge in [-0.25, -0.2) is 14.8 Å². The van der Waals surface area contributed by atoms with Gasteiger partial charge in [-0.15, -0.1) is 0 Å². The van der Waals surface area contributed by atoms with E-state index in [1.807, 2.05) is 68.6 Å². The van der Waals surface area contributed by atoms with E-state index in [0.717, 1.165) is 71.8 Å². The van der Waals surface area contributed by atoms with Crippen molar-refractivity contribution in [1.82, 2.24) is 14.4 Å². The molecule has 1 fully saturated rings. The second-order valence-electron chi connectivity index (χ2n) is 14.3. The van der Waals surface area contributed by atoms with Crippen molar-refractivity contribution < 1.29 is 28.8 Å². The van der Waals surface area contributed by atoms with Crippen LogP contribution < -0.4 is 14.4 Å². The van der Waals surface area contributed by atoms with Crippen LogP contribution in [0.1, 0.15) is 84.1 Å². The van der Waals surface area contributed by atoms with Crippen LogP contribution in [-0.2, 0) is 14.3 Å². The van der Waals surface area contributed by atoms with Crippen LogP contribution in [0.25, 0.3) is 28.2 Å². The summed E-state index contributed by atoms with van der Waals surface area (Å²) in [5.74, 6) is 1.73. The van der Waals surface area contributed by atoms with Gasteiger partial charge in [-0.05, 0) is 103 Å². The Balaban J connectivity index is 1.54. The molecule has 256 valence electrons. The van der Waals surface area contributed by atoms with Gasteiger partial charge in [0.15, 0.2) is 6.10 Å². The SMILES string of the molecule is COc1ccc2c(c1)-c1cccc(c1)-c1cn3c(c(C(OC(C)(C)C)C(=O)O)c(C)nc3n1)N1CCC(C)(CC1)OCCCCC(C)O2. The minimum atomic E-state index is -1.21. The minimum absolute atomic E-state index is 0.0296. The molecule has 3 aliphatic heterocycles. The first-order valence-corrected chi connectivity index (χ1v) is 17.0. The van der Waals surface area contributed by atoms with E-state index in [1.165, 1.54) is 0 Å². The summed E-state index contributed by atoms with van der Waals surface area (Å²) in [7, 11) is 1.66. The molecule has 0 saturated carbocycles. The average molecular weight is 657 g/mol. The summed E-state index contributed by atoms with van der Waals surface area (Å²) in [6.45, 7) is 13.8. The number of aryl methyl sites for hydroxylation is 1. The van der Waals surface area contributed by atoms with Gasteiger partial charge in [0.25, 0.3) is 0 Å². The van der Waals surface area contributed by atoms with Crippen LogP contribution in [0.5, 0.6) is 11.5 Å². The molecule has 0 aliphatic carbocycles. The van der Waals surface area contributed by atoms with Gasteiger partial charge in [0.1, 0.15) is 17.3 Å². The lowest BCUT2D eigenvalue weighted by atomic mass is 9.92. The third kappa shape index (κ3) is 7.15. The van der Waals surface area contributed by atoms with Crippen molar-refractivity contribution in [2.45, 2.75) is 97.1 Å². The first kappa shape index (κ1) is 33.7. The summed E-state index contributed by atoms with van der Waals surface area (Å²) in [5.41, 5.74) is 3.69. The molecule has 0 spiro atoms. The zero-order valence-electron chi connectivity index (χ0n) is 29.2. The molecule has 0 radical (unpaired) electrons. The predicted octanol–water partition coefficient (Wildman–Crippen LogP) is 7.65. The maximum absolute atomic E-state index is 12.8. The van der Waals surface area contributed by atoms with Crippen molar-refractivity contribution in [3.8, 4) is 33.9 Å². The van der Waals surface area contributed by atoms with E-state index >= 15 is 0 Å². The number of anilines is 1. The number of hydrogen-bond donors (Lipinski definition) is 1. The van der Waals surface area contributed by atoms with E-state index in [2.05, 4.69) is 30.9 Å². The molecule has 0 amide bonds. The summed E-state index contributed by atoms with van der Waals surface area (Å²) in [4.78, 5) is 24.9. The van der Waals surface area contributed by atoms with E-state index in [4.69, 9.17) is 28.9 Å². The Hall–Kier alpha value is -4.15. The number of carbonyl (C=O) groups is 1. The fourth-order valence-electron chi connectivity index (χ4n) is 6.74. The Morgan fingerprint density at radius 2 is 1.83 bits per heavy atom. The number of nitrogens with zero attached hydrogens (tertiary/aromatic N) is 4. The predicted molar refractivity (Wildman–Crippen MR) is 186 cm³/mol. The van der Waals surface area contributed by atoms with Crippen molar-refractivity contribution in [3.05, 3.63) is 59.9 Å². The number of ether oxygens (including phenoxy) is 4. The number of methoxy groups -OCH3 is 1. The molecular formula is C38H48N4O6. The molecule has 4 aromatic rings. The van der Waals surface area contributed by atoms with Crippen molar-refractivity contribution in [1.29, 1.82) is 0 Å². The molecular weight excluding hydrogens is 608 g/mol. The molecule has 1 N–H and O–H groups in total. The molecule has 48 heavy (non-hydrogen) atoms. The van der Waals surface area contributed by atoms with E-state index in [1.54, 1.807) is 7.11 Å². The number of hydrogen-bond acceptors (Lipinski definition) is 8. The Bertz CT molecular complexity index is 1790. The Labute approximate surface area is 283 Å². The van der Waals surface area contributed by atoms with Crippen LogP contribution in [0, 0.1) is 6.92 Å². The van der Waals surface area contributed by atoms with Crippen LogP contribution in [0.4, 0.5) is 5.82 Å². The second-order valence-corrected chi connectivity index (χ2v) is 14.3. The second kappa shape index (κ2) is 13.4. The highest BCUT2D eigenvalue weighted by Crippen LogP contribution is 2.40. The quantitative estimate of drug-likeness (QED) is 0.237. The molecule has 5 heterocycles. The summed E-state index contributed by atoms with van der Waals surface area (Å²) in [6, 6.07) is 14.1. The van der Waals surface area contributed by atoms with E-state index in [9.17, 15) is 9.90 Å². The highest BCUT2D eigenvalue weighted by molar-refractivity contribution is 5.80. The lowest BCUT2D eigenvalue weighted by Gasteiger charge is -2.41. The van der Waals surface area contributed by atoms with E-state index < -0.39 is 17.7 Å². The normalized spacial score (nSPS) is 21.1. The molecule has 2 aromatic heterocycles. The molecule has 1 saturated heterocycles. The van der Waals surface area contributed by atoms with Gasteiger partial charge in [-0.1, -0.05) is 18.2 Å². The fourth-order valence-corrected chi connectivity index (χ4v) is 6.74. The van der Waals surface area contributed by atoms with Crippen molar-refractivity contribution in [2.24, 2.45) is 0 Å². The summed E-state index contributed by atoms with van der Waals surface area (Å²) >= 11 is 0. The molecule has 3 aliphatic rings. The van der Waals surface area contributed by atoms with Gasteiger partial charge < -0.3 is 29.0 Å². The van der Waals surface area contributed by atoms with Crippen LogP contribution >= 0.6 is 0 Å². The monoisotopic (exact) mass is 656 g/mol. The van der Waals surface area contributed by atoms with Gasteiger partial charge in [0.2, 0.25) is 5.78 Å². The zero-order chi connectivity index (χ0) is 34.2. The number of rotatable bonds is 4. The molecule has 6 bridgehead atoms. The smallest absolute Gasteiger partial charge is 0.337 e. The number of benzene rings is 2. The van der Waals surface area contributed by atoms with E-state index in [0.29, 0.717) is 36.7 Å². The van der Waals surface area contributed by atoms with Crippen molar-refractivity contribution >= 4 is 17.6 Å². The number of piperidine rings is 1. The molecule has 2 atom stereocenters. The largest absolute Gasteiger partial charge is 0.497 e. The van der Waals surface area contributed by atoms with Crippen molar-refractivity contribution in [3.63, 3.8) is 0 Å². The maximum Gasteiger partial charge on any atom is 0.337 e. The Kier molecular flexibility index (Phi) is 9.42. The molecule has 2 unspecified atom stereocenters. The first-order valence-electron chi connectivity index (χ1n) is 17.0. The number of aliphatic carboxylic acids is 1. The average Bonchev–Trinajstić information content (AvgIpc) is 3.46. The third-order valence-corrected chi connectivity index (χ3v) is 9.33. The van der Waals surface area contributed by atoms with Gasteiger partial charge in [-0.3, -0.25) is 4.40 Å². The summed E-state index contributed by atoms with van der Waals surface area (Å²) < 4.78 is 26.8. The first-order chi connectivity index (χ1) is 22.8. The number of fused-ring (bicyclic) bond motifs is 8. The van der Waals surface area contributed by atoms with Gasteiger partial charge in [0, 0.05) is 37.0 Å². The number of carboxylic acid groups (broad SMARTS) is 1. The van der Waals surface area contributed by atoms with Gasteiger partial charge >= 0.3 is 5.97 Å². The number of imidazole rings is 1. The van der Waals surface area contributed by atoms with Crippen LogP contribution in [0.15, 0.2) is 48.7 Å². The lowest BCUT2D eigenvalue weighted by molar-refractivity contribution is -0.160. The summed E-state index contributed by atoms with van der Waals surface area (Å²) in [5, 5.41) is 10.5. The minimum Gasteiger partial charge on any atom is -0.497 e. The Morgan fingerprint density at radius 3 is 2.54 bits per heavy atom. The highest BCUT2D eigenvalue weighted by atomic mass is 16.5. The zero-order valence-corrected chi connectivity index (χ0v) is 29.2. The standard InChI is InChI=1S/C38H48N4O6/c1-24-11-8-9-20-46-38(6)16-18-41(19-17-38)34-32(33(35(43)44)48-37(3,4)5)25(2)39-36-40-30(23-42(34)36)27-13-10-12-26(21-27)29-22-28(45-7)14-15-31(29)47-24/h10,12-15,21-24,33H,8-9,11,16-20H2,1-7H3,(H,43,44). The molecule has 7 rings (SSSR count). The lowest BCUT2D eigenvalue weighted by Crippen LogP contribution is -2.45. The topological polar surface area (TPSA) is 108 Å². The number of carboxylic acids is 1. The van der Waals surface area contributed by atoms with Crippen LogP contribution in [0.3, 0.4) is 0 Å². The summed E-state index contributed by atoms with van der Waals surface area (Å²) in [6.07, 6.45) is 5.23. The van der Waals surface area contributed by atoms with Gasteiger partial charge in [0.05, 0.1) is 41.4 Å². The maximum atomic E-state index is 12.8.